The quantitative estimate of drug-likeness (QED) is 0.483. The highest BCUT2D eigenvalue weighted by atomic mass is 32.2. The van der Waals surface area contributed by atoms with Crippen LogP contribution in [0.5, 0.6) is 0 Å². The number of unbranched alkanes of at least 4 members (excludes halogenated alkanes) is 1. The predicted molar refractivity (Wildman–Crippen MR) is 95.5 cm³/mol. The number of hydrogen-bond acceptors (Lipinski definition) is 3. The van der Waals surface area contributed by atoms with E-state index in [1.54, 1.807) is 6.92 Å². The number of amides is 1. The fourth-order valence-electron chi connectivity index (χ4n) is 2.53. The van der Waals surface area contributed by atoms with Gasteiger partial charge in [0.1, 0.15) is 5.25 Å². The van der Waals surface area contributed by atoms with Crippen LogP contribution in [0.25, 0.3) is 0 Å². The fourth-order valence-corrected chi connectivity index (χ4v) is 4.38. The van der Waals surface area contributed by atoms with Crippen molar-refractivity contribution in [3.63, 3.8) is 0 Å². The molecule has 0 radical (unpaired) electrons. The molecule has 0 spiro atoms. The van der Waals surface area contributed by atoms with Crippen LogP contribution < -0.4 is 4.72 Å². The summed E-state index contributed by atoms with van der Waals surface area (Å²) in [6, 6.07) is 0. The predicted octanol–water partition coefficient (Wildman–Crippen LogP) is 3.95. The molecule has 1 rings (SSSR count). The highest BCUT2D eigenvalue weighted by Gasteiger charge is 2.35. The number of rotatable bonds is 10. The molecule has 1 amide bonds. The topological polar surface area (TPSA) is 63.2 Å². The molecular formula is C18H31NO3S. The number of carbonyl (C=O) groups is 1. The van der Waals surface area contributed by atoms with Crippen LogP contribution in [0.15, 0.2) is 23.8 Å². The Morgan fingerprint density at radius 1 is 1.30 bits per heavy atom. The van der Waals surface area contributed by atoms with E-state index < -0.39 is 21.2 Å². The minimum Gasteiger partial charge on any atom is -0.274 e. The van der Waals surface area contributed by atoms with Crippen LogP contribution in [0.1, 0.15) is 66.2 Å². The average Bonchev–Trinajstić information content (AvgIpc) is 3.27. The van der Waals surface area contributed by atoms with Crippen molar-refractivity contribution in [2.24, 2.45) is 11.8 Å². The van der Waals surface area contributed by atoms with E-state index in [4.69, 9.17) is 0 Å². The van der Waals surface area contributed by atoms with Gasteiger partial charge in [-0.2, -0.15) is 0 Å². The van der Waals surface area contributed by atoms with Crippen molar-refractivity contribution in [2.75, 3.05) is 0 Å². The first-order chi connectivity index (χ1) is 10.7. The fraction of sp³-hybridized carbons (Fsp3) is 0.722. The first-order valence-electron chi connectivity index (χ1n) is 8.49. The molecule has 0 aromatic heterocycles. The zero-order valence-corrected chi connectivity index (χ0v) is 15.7. The van der Waals surface area contributed by atoms with E-state index in [0.29, 0.717) is 18.8 Å². The second kappa shape index (κ2) is 8.67. The Balaban J connectivity index is 2.78. The van der Waals surface area contributed by atoms with E-state index in [0.717, 1.165) is 36.8 Å². The van der Waals surface area contributed by atoms with Gasteiger partial charge in [-0.1, -0.05) is 37.0 Å². The highest BCUT2D eigenvalue weighted by molar-refractivity contribution is 7.90. The lowest BCUT2D eigenvalue weighted by molar-refractivity contribution is -0.122. The number of allylic oxidation sites excluding steroid dienone is 2. The Morgan fingerprint density at radius 2 is 1.91 bits per heavy atom. The molecule has 1 saturated carbocycles. The Hall–Kier alpha value is -1.10. The Bertz CT molecular complexity index is 555. The van der Waals surface area contributed by atoms with Crippen molar-refractivity contribution < 1.29 is 13.2 Å². The van der Waals surface area contributed by atoms with E-state index in [9.17, 15) is 13.2 Å². The summed E-state index contributed by atoms with van der Waals surface area (Å²) in [4.78, 5) is 12.2. The summed E-state index contributed by atoms with van der Waals surface area (Å²) >= 11 is 0. The van der Waals surface area contributed by atoms with Gasteiger partial charge in [0.15, 0.2) is 0 Å². The van der Waals surface area contributed by atoms with Crippen molar-refractivity contribution in [1.82, 2.24) is 4.72 Å². The molecule has 0 aromatic rings. The minimum atomic E-state index is -3.67. The molecule has 0 aliphatic heterocycles. The molecule has 4 nitrogen and oxygen atoms in total. The molecule has 0 bridgehead atoms. The summed E-state index contributed by atoms with van der Waals surface area (Å²) in [7, 11) is -3.67. The zero-order chi connectivity index (χ0) is 17.6. The van der Waals surface area contributed by atoms with Crippen LogP contribution in [-0.4, -0.2) is 19.6 Å². The van der Waals surface area contributed by atoms with Crippen LogP contribution in [0.4, 0.5) is 0 Å². The van der Waals surface area contributed by atoms with Gasteiger partial charge in [-0.15, -0.1) is 6.58 Å². The van der Waals surface area contributed by atoms with Gasteiger partial charge in [-0.3, -0.25) is 9.52 Å². The summed E-state index contributed by atoms with van der Waals surface area (Å²) in [6.45, 7) is 11.1. The molecule has 1 aliphatic rings. The molecule has 2 atom stereocenters. The van der Waals surface area contributed by atoms with Gasteiger partial charge >= 0.3 is 0 Å². The molecule has 2 unspecified atom stereocenters. The van der Waals surface area contributed by atoms with Crippen LogP contribution in [0.3, 0.4) is 0 Å². The standard InChI is InChI=1S/C18H31NO3S/c1-6-7-8-9-14(4)18(20)19-23(21,22)17(12-16-10-11-16)15(5)13(2)3/h6,14,16-17H,1,7-12H2,2-5H3,(H,19,20). The monoisotopic (exact) mass is 341 g/mol. The molecular weight excluding hydrogens is 310 g/mol. The van der Waals surface area contributed by atoms with Gasteiger partial charge in [0.05, 0.1) is 0 Å². The largest absolute Gasteiger partial charge is 0.274 e. The summed E-state index contributed by atoms with van der Waals surface area (Å²) in [5.74, 6) is -0.222. The minimum absolute atomic E-state index is 0.307. The second-order valence-electron chi connectivity index (χ2n) is 6.98. The number of sulfonamides is 1. The van der Waals surface area contributed by atoms with Crippen LogP contribution in [0, 0.1) is 11.8 Å². The van der Waals surface area contributed by atoms with Crippen molar-refractivity contribution in [2.45, 2.75) is 71.5 Å². The molecule has 1 N–H and O–H groups in total. The summed E-state index contributed by atoms with van der Waals surface area (Å²) in [6.07, 6.45) is 6.96. The van der Waals surface area contributed by atoms with Gasteiger partial charge in [0.25, 0.3) is 0 Å². The number of hydrogen-bond donors (Lipinski definition) is 1. The normalized spacial score (nSPS) is 17.2. The first-order valence-corrected chi connectivity index (χ1v) is 10.0. The van der Waals surface area contributed by atoms with Crippen LogP contribution in [0.2, 0.25) is 0 Å². The van der Waals surface area contributed by atoms with Crippen molar-refractivity contribution in [3.05, 3.63) is 23.8 Å². The smallest absolute Gasteiger partial charge is 0.241 e. The van der Waals surface area contributed by atoms with Crippen LogP contribution in [-0.2, 0) is 14.8 Å². The summed E-state index contributed by atoms with van der Waals surface area (Å²) < 4.78 is 27.7. The second-order valence-corrected chi connectivity index (χ2v) is 8.85. The van der Waals surface area contributed by atoms with E-state index in [1.807, 2.05) is 26.8 Å². The molecule has 1 fully saturated rings. The Labute approximate surface area is 141 Å². The molecule has 0 saturated heterocycles. The first kappa shape index (κ1) is 19.9. The number of nitrogens with one attached hydrogen (secondary N) is 1. The Morgan fingerprint density at radius 3 is 2.39 bits per heavy atom. The molecule has 23 heavy (non-hydrogen) atoms. The van der Waals surface area contributed by atoms with E-state index in [1.165, 1.54) is 0 Å². The highest BCUT2D eigenvalue weighted by Crippen LogP contribution is 2.37. The third-order valence-corrected chi connectivity index (χ3v) is 6.41. The molecule has 0 heterocycles. The van der Waals surface area contributed by atoms with Gasteiger partial charge in [0.2, 0.25) is 15.9 Å². The lowest BCUT2D eigenvalue weighted by Gasteiger charge is -2.21. The van der Waals surface area contributed by atoms with E-state index in [-0.39, 0.29) is 5.92 Å². The van der Waals surface area contributed by atoms with Gasteiger partial charge in [-0.25, -0.2) is 8.42 Å². The van der Waals surface area contributed by atoms with Gasteiger partial charge in [-0.05, 0) is 52.4 Å². The molecule has 132 valence electrons. The van der Waals surface area contributed by atoms with Crippen molar-refractivity contribution in [3.8, 4) is 0 Å². The SMILES string of the molecule is C=CCCCC(C)C(=O)NS(=O)(=O)C(CC1CC1)C(C)=C(C)C. The van der Waals surface area contributed by atoms with E-state index >= 15 is 0 Å². The summed E-state index contributed by atoms with van der Waals surface area (Å²) in [5, 5.41) is -0.593. The van der Waals surface area contributed by atoms with E-state index in [2.05, 4.69) is 11.3 Å². The van der Waals surface area contributed by atoms with Gasteiger partial charge < -0.3 is 0 Å². The third kappa shape index (κ3) is 6.50. The molecule has 0 aromatic carbocycles. The lowest BCUT2D eigenvalue weighted by atomic mass is 10.0. The summed E-state index contributed by atoms with van der Waals surface area (Å²) in [5.41, 5.74) is 1.86. The zero-order valence-electron chi connectivity index (χ0n) is 14.9. The van der Waals surface area contributed by atoms with Gasteiger partial charge in [0, 0.05) is 5.92 Å². The van der Waals surface area contributed by atoms with Crippen LogP contribution >= 0.6 is 0 Å². The number of carbonyl (C=O) groups excluding carboxylic acids is 1. The van der Waals surface area contributed by atoms with Crippen molar-refractivity contribution in [1.29, 1.82) is 0 Å². The lowest BCUT2D eigenvalue weighted by Crippen LogP contribution is -2.41. The maximum absolute atomic E-state index is 12.7. The maximum atomic E-state index is 12.7. The maximum Gasteiger partial charge on any atom is 0.241 e. The molecule has 5 heteroatoms. The van der Waals surface area contributed by atoms with Crippen molar-refractivity contribution >= 4 is 15.9 Å². The average molecular weight is 342 g/mol. The third-order valence-electron chi connectivity index (χ3n) is 4.63. The Kier molecular flexibility index (Phi) is 7.52. The molecule has 1 aliphatic carbocycles.